The molecule has 0 radical (unpaired) electrons. The lowest BCUT2D eigenvalue weighted by Crippen LogP contribution is -2.45. The third-order valence-corrected chi connectivity index (χ3v) is 4.16. The third-order valence-electron chi connectivity index (χ3n) is 3.49. The molecule has 0 aliphatic rings. The predicted molar refractivity (Wildman–Crippen MR) is 98.8 cm³/mol. The van der Waals surface area contributed by atoms with Crippen LogP contribution in [0.2, 0.25) is 0 Å². The van der Waals surface area contributed by atoms with E-state index < -0.39 is 11.9 Å². The molecule has 5 heteroatoms. The molecule has 0 unspecified atom stereocenters. The van der Waals surface area contributed by atoms with E-state index in [0.717, 1.165) is 14.7 Å². The zero-order valence-electron chi connectivity index (χ0n) is 12.7. The van der Waals surface area contributed by atoms with Crippen LogP contribution < -0.4 is 11.1 Å². The van der Waals surface area contributed by atoms with Gasteiger partial charge in [-0.3, -0.25) is 9.59 Å². The molecule has 2 aromatic carbocycles. The molecule has 0 aliphatic heterocycles. The Bertz CT molecular complexity index is 674. The molecule has 0 spiro atoms. The van der Waals surface area contributed by atoms with Crippen molar-refractivity contribution in [2.24, 2.45) is 5.73 Å². The average Bonchev–Trinajstić information content (AvgIpc) is 2.53. The molecule has 0 aliphatic carbocycles. The fraction of sp³-hybridized carbons (Fsp3) is 0.222. The minimum absolute atomic E-state index is 0.164. The molecular weight excluding hydrogens is 403 g/mol. The van der Waals surface area contributed by atoms with Crippen molar-refractivity contribution >= 4 is 34.4 Å². The van der Waals surface area contributed by atoms with E-state index in [1.54, 1.807) is 0 Å². The Morgan fingerprint density at radius 3 is 2.39 bits per heavy atom. The van der Waals surface area contributed by atoms with Crippen LogP contribution in [0.5, 0.6) is 0 Å². The van der Waals surface area contributed by atoms with Crippen LogP contribution in [0.4, 0.5) is 0 Å². The van der Waals surface area contributed by atoms with Crippen molar-refractivity contribution in [2.75, 3.05) is 0 Å². The molecule has 0 bridgehead atoms. The van der Waals surface area contributed by atoms with Crippen molar-refractivity contribution in [1.29, 1.82) is 0 Å². The van der Waals surface area contributed by atoms with Gasteiger partial charge in [0.15, 0.2) is 0 Å². The van der Waals surface area contributed by atoms with Crippen LogP contribution in [-0.2, 0) is 22.4 Å². The third kappa shape index (κ3) is 6.02. The molecule has 0 saturated heterocycles. The Hall–Kier alpha value is -1.89. The highest BCUT2D eigenvalue weighted by atomic mass is 127. The minimum atomic E-state index is -0.684. The summed E-state index contributed by atoms with van der Waals surface area (Å²) in [5.74, 6) is -0.680. The summed E-state index contributed by atoms with van der Waals surface area (Å²) < 4.78 is 1.08. The number of nitrogens with two attached hydrogens (primary N) is 1. The zero-order valence-corrected chi connectivity index (χ0v) is 14.8. The van der Waals surface area contributed by atoms with E-state index in [0.29, 0.717) is 19.3 Å². The highest BCUT2D eigenvalue weighted by Gasteiger charge is 2.18. The fourth-order valence-corrected chi connectivity index (χ4v) is 2.90. The summed E-state index contributed by atoms with van der Waals surface area (Å²) >= 11 is 2.21. The van der Waals surface area contributed by atoms with E-state index in [2.05, 4.69) is 27.9 Å². The number of rotatable bonds is 7. The van der Waals surface area contributed by atoms with Crippen molar-refractivity contribution in [1.82, 2.24) is 5.32 Å². The van der Waals surface area contributed by atoms with E-state index >= 15 is 0 Å². The summed E-state index contributed by atoms with van der Waals surface area (Å²) in [4.78, 5) is 23.7. The molecular formula is C18H19IN2O2. The van der Waals surface area contributed by atoms with Crippen LogP contribution in [0.3, 0.4) is 0 Å². The van der Waals surface area contributed by atoms with Crippen LogP contribution in [0, 0.1) is 3.57 Å². The number of aryl methyl sites for hydroxylation is 1. The largest absolute Gasteiger partial charge is 0.368 e. The molecule has 2 rings (SSSR count). The van der Waals surface area contributed by atoms with Crippen LogP contribution in [-0.4, -0.2) is 17.9 Å². The molecule has 0 saturated carbocycles. The summed E-state index contributed by atoms with van der Waals surface area (Å²) in [6.45, 7) is 0. The molecule has 3 N–H and O–H groups in total. The van der Waals surface area contributed by atoms with Gasteiger partial charge in [-0.2, -0.15) is 0 Å². The molecule has 120 valence electrons. The van der Waals surface area contributed by atoms with Gasteiger partial charge in [0.1, 0.15) is 6.04 Å². The second-order valence-corrected chi connectivity index (χ2v) is 6.59. The number of hydrogen-bond acceptors (Lipinski definition) is 2. The number of carbonyl (C=O) groups is 2. The van der Waals surface area contributed by atoms with Gasteiger partial charge < -0.3 is 11.1 Å². The Labute approximate surface area is 149 Å². The molecule has 1 atom stereocenters. The molecule has 2 amide bonds. The first-order valence-corrected chi connectivity index (χ1v) is 8.49. The van der Waals surface area contributed by atoms with Gasteiger partial charge in [0.25, 0.3) is 0 Å². The van der Waals surface area contributed by atoms with Gasteiger partial charge in [0.05, 0.1) is 0 Å². The topological polar surface area (TPSA) is 72.2 Å². The van der Waals surface area contributed by atoms with E-state index in [1.807, 2.05) is 54.6 Å². The van der Waals surface area contributed by atoms with Gasteiger partial charge in [0.2, 0.25) is 11.8 Å². The SMILES string of the molecule is NC(=O)[C@@H](Cc1cccc(I)c1)NC(=O)CCc1ccccc1. The summed E-state index contributed by atoms with van der Waals surface area (Å²) in [6.07, 6.45) is 1.38. The summed E-state index contributed by atoms with van der Waals surface area (Å²) in [5.41, 5.74) is 7.49. The first kappa shape index (κ1) is 17.5. The van der Waals surface area contributed by atoms with E-state index in [4.69, 9.17) is 5.73 Å². The van der Waals surface area contributed by atoms with Gasteiger partial charge in [-0.25, -0.2) is 0 Å². The second-order valence-electron chi connectivity index (χ2n) is 5.34. The Morgan fingerprint density at radius 1 is 1.04 bits per heavy atom. The number of nitrogens with one attached hydrogen (secondary N) is 1. The van der Waals surface area contributed by atoms with E-state index in [9.17, 15) is 9.59 Å². The molecule has 0 aromatic heterocycles. The Balaban J connectivity index is 1.91. The maximum atomic E-state index is 12.1. The summed E-state index contributed by atoms with van der Waals surface area (Å²) in [7, 11) is 0. The van der Waals surface area contributed by atoms with Gasteiger partial charge >= 0.3 is 0 Å². The van der Waals surface area contributed by atoms with Crippen molar-refractivity contribution in [2.45, 2.75) is 25.3 Å². The summed E-state index contributed by atoms with van der Waals surface area (Å²) in [6, 6.07) is 16.9. The normalized spacial score (nSPS) is 11.7. The van der Waals surface area contributed by atoms with Gasteiger partial charge in [0, 0.05) is 16.4 Å². The molecule has 0 fully saturated rings. The lowest BCUT2D eigenvalue weighted by molar-refractivity contribution is -0.127. The predicted octanol–water partition coefficient (Wildman–Crippen LogP) is 2.44. The van der Waals surface area contributed by atoms with Crippen LogP contribution in [0.25, 0.3) is 0 Å². The monoisotopic (exact) mass is 422 g/mol. The average molecular weight is 422 g/mol. The van der Waals surface area contributed by atoms with Crippen LogP contribution in [0.15, 0.2) is 54.6 Å². The van der Waals surface area contributed by atoms with Crippen molar-refractivity contribution in [3.63, 3.8) is 0 Å². The lowest BCUT2D eigenvalue weighted by atomic mass is 10.0. The maximum absolute atomic E-state index is 12.1. The number of primary amides is 1. The Kier molecular flexibility index (Phi) is 6.58. The van der Waals surface area contributed by atoms with Crippen molar-refractivity contribution in [3.05, 3.63) is 69.3 Å². The van der Waals surface area contributed by atoms with E-state index in [-0.39, 0.29) is 5.91 Å². The fourth-order valence-electron chi connectivity index (χ4n) is 2.29. The van der Waals surface area contributed by atoms with Crippen LogP contribution in [0.1, 0.15) is 17.5 Å². The number of amides is 2. The zero-order chi connectivity index (χ0) is 16.7. The highest BCUT2D eigenvalue weighted by molar-refractivity contribution is 14.1. The number of hydrogen-bond donors (Lipinski definition) is 2. The highest BCUT2D eigenvalue weighted by Crippen LogP contribution is 2.10. The molecule has 23 heavy (non-hydrogen) atoms. The Morgan fingerprint density at radius 2 is 1.74 bits per heavy atom. The van der Waals surface area contributed by atoms with Gasteiger partial charge in [-0.1, -0.05) is 42.5 Å². The lowest BCUT2D eigenvalue weighted by Gasteiger charge is -2.16. The van der Waals surface area contributed by atoms with Crippen LogP contribution >= 0.6 is 22.6 Å². The molecule has 4 nitrogen and oxygen atoms in total. The summed E-state index contributed by atoms with van der Waals surface area (Å²) in [5, 5.41) is 2.74. The maximum Gasteiger partial charge on any atom is 0.240 e. The van der Waals surface area contributed by atoms with Crippen molar-refractivity contribution in [3.8, 4) is 0 Å². The number of halogens is 1. The minimum Gasteiger partial charge on any atom is -0.368 e. The number of carbonyl (C=O) groups excluding carboxylic acids is 2. The quantitative estimate of drug-likeness (QED) is 0.673. The number of benzene rings is 2. The van der Waals surface area contributed by atoms with Gasteiger partial charge in [-0.05, 0) is 52.3 Å². The first-order valence-electron chi connectivity index (χ1n) is 7.41. The van der Waals surface area contributed by atoms with Crippen molar-refractivity contribution < 1.29 is 9.59 Å². The molecule has 2 aromatic rings. The van der Waals surface area contributed by atoms with E-state index in [1.165, 1.54) is 0 Å². The van der Waals surface area contributed by atoms with Gasteiger partial charge in [-0.15, -0.1) is 0 Å². The first-order chi connectivity index (χ1) is 11.0. The smallest absolute Gasteiger partial charge is 0.240 e. The second kappa shape index (κ2) is 8.67. The molecule has 0 heterocycles. The standard InChI is InChI=1S/C18H19IN2O2/c19-15-8-4-7-14(11-15)12-16(18(20)23)21-17(22)10-9-13-5-2-1-3-6-13/h1-8,11,16H,9-10,12H2,(H2,20,23)(H,21,22)/t16-/m1/s1.